The summed E-state index contributed by atoms with van der Waals surface area (Å²) in [6.07, 6.45) is 3.62. The smallest absolute Gasteiger partial charge is 0.126 e. The van der Waals surface area contributed by atoms with E-state index in [0.717, 1.165) is 39.5 Å². The van der Waals surface area contributed by atoms with Gasteiger partial charge in [-0.1, -0.05) is 78.9 Å². The van der Waals surface area contributed by atoms with Gasteiger partial charge >= 0.3 is 0 Å². The molecule has 0 aliphatic heterocycles. The molecule has 0 N–H and O–H groups in total. The number of nitrogens with zero attached hydrogens (tertiary/aromatic N) is 3. The fourth-order valence-corrected chi connectivity index (χ4v) is 3.71. The van der Waals surface area contributed by atoms with Crippen molar-refractivity contribution in [3.05, 3.63) is 115 Å². The molecule has 5 aromatic rings. The van der Waals surface area contributed by atoms with Crippen LogP contribution in [-0.2, 0) is 0 Å². The first-order chi connectivity index (χ1) is 15.3. The highest BCUT2D eigenvalue weighted by atomic mass is 14.9. The fraction of sp³-hybridized carbons (Fsp3) is 0.0357. The molecule has 0 aliphatic rings. The Kier molecular flexibility index (Phi) is 5.07. The Morgan fingerprint density at radius 3 is 1.39 bits per heavy atom. The second-order valence-electron chi connectivity index (χ2n) is 7.44. The molecular weight excluding hydrogens is 378 g/mol. The third-order valence-electron chi connectivity index (χ3n) is 5.32. The highest BCUT2D eigenvalue weighted by Crippen LogP contribution is 2.28. The van der Waals surface area contributed by atoms with Gasteiger partial charge in [0.1, 0.15) is 5.82 Å². The van der Waals surface area contributed by atoms with Gasteiger partial charge < -0.3 is 0 Å². The van der Waals surface area contributed by atoms with Gasteiger partial charge in [0.25, 0.3) is 0 Å². The van der Waals surface area contributed by atoms with E-state index in [9.17, 15) is 0 Å². The average molecular weight is 399 g/mol. The van der Waals surface area contributed by atoms with Crippen molar-refractivity contribution in [3.8, 4) is 44.8 Å². The Balaban J connectivity index is 1.45. The van der Waals surface area contributed by atoms with Crippen LogP contribution in [0.2, 0.25) is 0 Å². The molecule has 0 bridgehead atoms. The predicted octanol–water partition coefficient (Wildman–Crippen LogP) is 6.85. The Bertz CT molecular complexity index is 1190. The monoisotopic (exact) mass is 399 g/mol. The maximum absolute atomic E-state index is 4.68. The number of hydrogen-bond donors (Lipinski definition) is 0. The average Bonchev–Trinajstić information content (AvgIpc) is 2.85. The minimum absolute atomic E-state index is 0.762. The first-order valence-electron chi connectivity index (χ1n) is 10.3. The van der Waals surface area contributed by atoms with Crippen LogP contribution in [0.3, 0.4) is 0 Å². The van der Waals surface area contributed by atoms with E-state index in [2.05, 4.69) is 93.8 Å². The molecule has 2 heterocycles. The van der Waals surface area contributed by atoms with E-state index in [1.165, 1.54) is 11.1 Å². The number of benzene rings is 3. The van der Waals surface area contributed by atoms with E-state index in [-0.39, 0.29) is 0 Å². The fourth-order valence-electron chi connectivity index (χ4n) is 3.71. The molecule has 0 atom stereocenters. The number of aryl methyl sites for hydroxylation is 1. The van der Waals surface area contributed by atoms with Crippen LogP contribution in [0.5, 0.6) is 0 Å². The lowest BCUT2D eigenvalue weighted by Gasteiger charge is -2.09. The Labute approximate surface area is 182 Å². The Morgan fingerprint density at radius 1 is 0.452 bits per heavy atom. The van der Waals surface area contributed by atoms with Crippen molar-refractivity contribution in [2.24, 2.45) is 0 Å². The van der Waals surface area contributed by atoms with Crippen molar-refractivity contribution in [2.45, 2.75) is 6.92 Å². The number of pyridine rings is 1. The van der Waals surface area contributed by atoms with Crippen LogP contribution in [0.15, 0.2) is 109 Å². The van der Waals surface area contributed by atoms with Gasteiger partial charge in [0.2, 0.25) is 0 Å². The van der Waals surface area contributed by atoms with Gasteiger partial charge in [-0.15, -0.1) is 0 Å². The summed E-state index contributed by atoms with van der Waals surface area (Å²) in [5, 5.41) is 0. The molecule has 5 rings (SSSR count). The Hall–Kier alpha value is -4.11. The van der Waals surface area contributed by atoms with Crippen molar-refractivity contribution < 1.29 is 0 Å². The largest absolute Gasteiger partial charge is 0.265 e. The molecule has 3 heteroatoms. The summed E-state index contributed by atoms with van der Waals surface area (Å²) in [5.74, 6) is 0.762. The normalized spacial score (nSPS) is 10.7. The first kappa shape index (κ1) is 18.9. The van der Waals surface area contributed by atoms with E-state index in [4.69, 9.17) is 0 Å². The molecule has 31 heavy (non-hydrogen) atoms. The molecular formula is C28H21N3. The molecule has 2 aromatic heterocycles. The predicted molar refractivity (Wildman–Crippen MR) is 126 cm³/mol. The van der Waals surface area contributed by atoms with E-state index >= 15 is 0 Å². The van der Waals surface area contributed by atoms with Gasteiger partial charge in [0.05, 0.1) is 11.4 Å². The lowest BCUT2D eigenvalue weighted by Crippen LogP contribution is -1.95. The first-order valence-corrected chi connectivity index (χ1v) is 10.3. The molecule has 0 radical (unpaired) electrons. The standard InChI is InChI=1S/C28H21N3/c1-20-30-27(25-11-7-22(8-12-25)21-5-3-2-4-6-21)19-28(31-20)26-13-9-23(10-14-26)24-15-17-29-18-16-24/h2-19H,1H3. The van der Waals surface area contributed by atoms with Crippen LogP contribution in [0.1, 0.15) is 5.82 Å². The second-order valence-corrected chi connectivity index (χ2v) is 7.44. The van der Waals surface area contributed by atoms with Gasteiger partial charge in [0, 0.05) is 23.5 Å². The van der Waals surface area contributed by atoms with Gasteiger partial charge in [-0.3, -0.25) is 4.98 Å². The lowest BCUT2D eigenvalue weighted by molar-refractivity contribution is 1.06. The van der Waals surface area contributed by atoms with Gasteiger partial charge in [-0.05, 0) is 47.4 Å². The van der Waals surface area contributed by atoms with E-state index in [1.54, 1.807) is 0 Å². The number of aromatic nitrogens is 3. The highest BCUT2D eigenvalue weighted by Gasteiger charge is 2.08. The van der Waals surface area contributed by atoms with E-state index < -0.39 is 0 Å². The minimum atomic E-state index is 0.762. The van der Waals surface area contributed by atoms with Crippen molar-refractivity contribution in [1.29, 1.82) is 0 Å². The third kappa shape index (κ3) is 4.12. The molecule has 3 nitrogen and oxygen atoms in total. The third-order valence-corrected chi connectivity index (χ3v) is 5.32. The Morgan fingerprint density at radius 2 is 0.871 bits per heavy atom. The lowest BCUT2D eigenvalue weighted by atomic mass is 10.0. The quantitative estimate of drug-likeness (QED) is 0.332. The van der Waals surface area contributed by atoms with Crippen LogP contribution < -0.4 is 0 Å². The molecule has 0 fully saturated rings. The van der Waals surface area contributed by atoms with Gasteiger partial charge in [-0.2, -0.15) is 0 Å². The molecule has 0 spiro atoms. The second kappa shape index (κ2) is 8.33. The van der Waals surface area contributed by atoms with Crippen LogP contribution in [0.25, 0.3) is 44.8 Å². The molecule has 148 valence electrons. The van der Waals surface area contributed by atoms with Crippen LogP contribution in [-0.4, -0.2) is 15.0 Å². The maximum atomic E-state index is 4.68. The molecule has 0 saturated heterocycles. The van der Waals surface area contributed by atoms with Crippen LogP contribution in [0.4, 0.5) is 0 Å². The molecule has 3 aromatic carbocycles. The van der Waals surface area contributed by atoms with Crippen molar-refractivity contribution in [1.82, 2.24) is 15.0 Å². The zero-order valence-corrected chi connectivity index (χ0v) is 17.2. The van der Waals surface area contributed by atoms with Crippen molar-refractivity contribution in [3.63, 3.8) is 0 Å². The molecule has 0 amide bonds. The van der Waals surface area contributed by atoms with Crippen LogP contribution in [0, 0.1) is 6.92 Å². The zero-order chi connectivity index (χ0) is 21.0. The summed E-state index contributed by atoms with van der Waals surface area (Å²) >= 11 is 0. The summed E-state index contributed by atoms with van der Waals surface area (Å²) in [6, 6.07) is 33.5. The van der Waals surface area contributed by atoms with Gasteiger partial charge in [-0.25, -0.2) is 9.97 Å². The molecule has 0 saturated carbocycles. The zero-order valence-electron chi connectivity index (χ0n) is 17.2. The summed E-state index contributed by atoms with van der Waals surface area (Å²) in [7, 11) is 0. The summed E-state index contributed by atoms with van der Waals surface area (Å²) < 4.78 is 0. The molecule has 0 unspecified atom stereocenters. The van der Waals surface area contributed by atoms with Crippen LogP contribution >= 0.6 is 0 Å². The van der Waals surface area contributed by atoms with E-state index in [0.29, 0.717) is 0 Å². The number of hydrogen-bond acceptors (Lipinski definition) is 3. The maximum Gasteiger partial charge on any atom is 0.126 e. The SMILES string of the molecule is Cc1nc(-c2ccc(-c3ccccc3)cc2)cc(-c2ccc(-c3ccncc3)cc2)n1. The summed E-state index contributed by atoms with van der Waals surface area (Å²) in [4.78, 5) is 13.4. The van der Waals surface area contributed by atoms with Gasteiger partial charge in [0.15, 0.2) is 0 Å². The minimum Gasteiger partial charge on any atom is -0.265 e. The van der Waals surface area contributed by atoms with Crippen molar-refractivity contribution in [2.75, 3.05) is 0 Å². The van der Waals surface area contributed by atoms with E-state index in [1.807, 2.05) is 37.5 Å². The topological polar surface area (TPSA) is 38.7 Å². The summed E-state index contributed by atoms with van der Waals surface area (Å²) in [5.41, 5.74) is 8.74. The molecule has 0 aliphatic carbocycles. The number of rotatable bonds is 4. The highest BCUT2D eigenvalue weighted by molar-refractivity contribution is 5.73. The van der Waals surface area contributed by atoms with Crippen molar-refractivity contribution >= 4 is 0 Å². The summed E-state index contributed by atoms with van der Waals surface area (Å²) in [6.45, 7) is 1.94.